The molecular weight excluding hydrogens is 385 g/mol. The SMILES string of the molecule is C=CC(=O)N1CCOc2cc3ncnc(Nc4cccc(C(F)(F)F)c4)c3cc21. The summed E-state index contributed by atoms with van der Waals surface area (Å²) in [7, 11) is 0. The molecule has 0 bridgehead atoms. The maximum atomic E-state index is 13.0. The van der Waals surface area contributed by atoms with Gasteiger partial charge in [0, 0.05) is 17.1 Å². The smallest absolute Gasteiger partial charge is 0.416 e. The first-order chi connectivity index (χ1) is 13.9. The van der Waals surface area contributed by atoms with Crippen molar-refractivity contribution in [2.75, 3.05) is 23.4 Å². The zero-order valence-electron chi connectivity index (χ0n) is 15.0. The van der Waals surface area contributed by atoms with E-state index in [1.165, 1.54) is 29.4 Å². The number of ether oxygens (including phenoxy) is 1. The van der Waals surface area contributed by atoms with Crippen LogP contribution in [0.3, 0.4) is 0 Å². The van der Waals surface area contributed by atoms with Crippen LogP contribution in [0.5, 0.6) is 5.75 Å². The number of halogens is 3. The lowest BCUT2D eigenvalue weighted by atomic mass is 10.1. The van der Waals surface area contributed by atoms with E-state index in [2.05, 4.69) is 21.9 Å². The van der Waals surface area contributed by atoms with Gasteiger partial charge in [0.1, 0.15) is 24.5 Å². The number of benzene rings is 2. The summed E-state index contributed by atoms with van der Waals surface area (Å²) in [5.41, 5.74) is 0.513. The van der Waals surface area contributed by atoms with Gasteiger partial charge in [-0.1, -0.05) is 12.6 Å². The number of fused-ring (bicyclic) bond motifs is 2. The topological polar surface area (TPSA) is 67.4 Å². The van der Waals surface area contributed by atoms with Gasteiger partial charge in [-0.3, -0.25) is 4.79 Å². The van der Waals surface area contributed by atoms with Gasteiger partial charge < -0.3 is 15.0 Å². The van der Waals surface area contributed by atoms with Gasteiger partial charge in [0.25, 0.3) is 5.91 Å². The molecule has 0 unspecified atom stereocenters. The van der Waals surface area contributed by atoms with Crippen LogP contribution < -0.4 is 15.0 Å². The van der Waals surface area contributed by atoms with Crippen molar-refractivity contribution in [2.45, 2.75) is 6.18 Å². The monoisotopic (exact) mass is 400 g/mol. The lowest BCUT2D eigenvalue weighted by molar-refractivity contribution is -0.137. The first-order valence-electron chi connectivity index (χ1n) is 8.66. The maximum Gasteiger partial charge on any atom is 0.416 e. The Bertz CT molecular complexity index is 1110. The summed E-state index contributed by atoms with van der Waals surface area (Å²) in [5.74, 6) is 0.523. The predicted molar refractivity (Wildman–Crippen MR) is 102 cm³/mol. The number of nitrogens with one attached hydrogen (secondary N) is 1. The van der Waals surface area contributed by atoms with Crippen molar-refractivity contribution in [3.8, 4) is 5.75 Å². The van der Waals surface area contributed by atoms with E-state index in [0.717, 1.165) is 12.1 Å². The highest BCUT2D eigenvalue weighted by molar-refractivity contribution is 6.05. The molecule has 3 aromatic rings. The average molecular weight is 400 g/mol. The van der Waals surface area contributed by atoms with E-state index in [-0.39, 0.29) is 11.6 Å². The van der Waals surface area contributed by atoms with E-state index in [4.69, 9.17) is 4.74 Å². The van der Waals surface area contributed by atoms with Gasteiger partial charge >= 0.3 is 6.18 Å². The zero-order valence-corrected chi connectivity index (χ0v) is 15.0. The van der Waals surface area contributed by atoms with Crippen LogP contribution in [0.2, 0.25) is 0 Å². The van der Waals surface area contributed by atoms with Crippen molar-refractivity contribution in [3.05, 3.63) is 60.9 Å². The van der Waals surface area contributed by atoms with E-state index in [1.54, 1.807) is 12.1 Å². The third kappa shape index (κ3) is 3.58. The molecule has 0 radical (unpaired) electrons. The summed E-state index contributed by atoms with van der Waals surface area (Å²) >= 11 is 0. The molecular formula is C20H15F3N4O2. The number of carbonyl (C=O) groups excluding carboxylic acids is 1. The average Bonchev–Trinajstić information content (AvgIpc) is 2.71. The van der Waals surface area contributed by atoms with E-state index in [1.807, 2.05) is 0 Å². The Labute approximate surface area is 163 Å². The summed E-state index contributed by atoms with van der Waals surface area (Å²) in [6.45, 7) is 4.20. The second-order valence-corrected chi connectivity index (χ2v) is 6.31. The number of anilines is 3. The van der Waals surface area contributed by atoms with Gasteiger partial charge in [-0.05, 0) is 30.3 Å². The summed E-state index contributed by atoms with van der Waals surface area (Å²) in [5, 5.41) is 3.45. The maximum absolute atomic E-state index is 13.0. The van der Waals surface area contributed by atoms with Gasteiger partial charge in [0.15, 0.2) is 0 Å². The standard InChI is InChI=1S/C20H15F3N4O2/c1-2-18(28)27-6-7-29-17-10-15-14(9-16(17)27)19(25-11-24-15)26-13-5-3-4-12(8-13)20(21,22)23/h2-5,8-11H,1,6-7H2,(H,24,25,26). The minimum Gasteiger partial charge on any atom is -0.489 e. The molecule has 1 aromatic heterocycles. The van der Waals surface area contributed by atoms with Crippen LogP contribution in [-0.2, 0) is 11.0 Å². The second-order valence-electron chi connectivity index (χ2n) is 6.31. The number of hydrogen-bond acceptors (Lipinski definition) is 5. The molecule has 1 aliphatic rings. The number of carbonyl (C=O) groups is 1. The van der Waals surface area contributed by atoms with E-state index < -0.39 is 11.7 Å². The predicted octanol–water partition coefficient (Wildman–Crippen LogP) is 4.30. The normalized spacial score (nSPS) is 13.6. The van der Waals surface area contributed by atoms with Crippen molar-refractivity contribution in [3.63, 3.8) is 0 Å². The van der Waals surface area contributed by atoms with E-state index >= 15 is 0 Å². The van der Waals surface area contributed by atoms with Crippen LogP contribution in [0.4, 0.5) is 30.4 Å². The molecule has 9 heteroatoms. The van der Waals surface area contributed by atoms with Crippen LogP contribution in [0.1, 0.15) is 5.56 Å². The van der Waals surface area contributed by atoms with Crippen LogP contribution in [0, 0.1) is 0 Å². The molecule has 1 amide bonds. The molecule has 1 aliphatic heterocycles. The minimum absolute atomic E-state index is 0.229. The molecule has 0 saturated heterocycles. The molecule has 29 heavy (non-hydrogen) atoms. The van der Waals surface area contributed by atoms with Gasteiger partial charge in [0.05, 0.1) is 23.3 Å². The number of amides is 1. The Hall–Kier alpha value is -3.62. The fraction of sp³-hybridized carbons (Fsp3) is 0.150. The molecule has 0 spiro atoms. The summed E-state index contributed by atoms with van der Waals surface area (Å²) in [4.78, 5) is 22.1. The number of hydrogen-bond donors (Lipinski definition) is 1. The second kappa shape index (κ2) is 7.08. The number of alkyl halides is 3. The highest BCUT2D eigenvalue weighted by Crippen LogP contribution is 2.38. The van der Waals surface area contributed by atoms with Crippen LogP contribution in [0.15, 0.2) is 55.4 Å². The molecule has 0 atom stereocenters. The molecule has 2 heterocycles. The number of rotatable bonds is 3. The lowest BCUT2D eigenvalue weighted by Crippen LogP contribution is -2.36. The van der Waals surface area contributed by atoms with Crippen LogP contribution in [0.25, 0.3) is 10.9 Å². The molecule has 0 saturated carbocycles. The fourth-order valence-electron chi connectivity index (χ4n) is 3.12. The molecule has 0 aliphatic carbocycles. The highest BCUT2D eigenvalue weighted by Gasteiger charge is 2.30. The van der Waals surface area contributed by atoms with Crippen molar-refractivity contribution < 1.29 is 22.7 Å². The van der Waals surface area contributed by atoms with Crippen molar-refractivity contribution in [2.24, 2.45) is 0 Å². The molecule has 1 N–H and O–H groups in total. The van der Waals surface area contributed by atoms with E-state index in [9.17, 15) is 18.0 Å². The van der Waals surface area contributed by atoms with Gasteiger partial charge in [-0.25, -0.2) is 9.97 Å². The Morgan fingerprint density at radius 3 is 2.83 bits per heavy atom. The van der Waals surface area contributed by atoms with Crippen LogP contribution >= 0.6 is 0 Å². The Balaban J connectivity index is 1.78. The van der Waals surface area contributed by atoms with Crippen molar-refractivity contribution >= 4 is 34.0 Å². The molecule has 6 nitrogen and oxygen atoms in total. The summed E-state index contributed by atoms with van der Waals surface area (Å²) < 4.78 is 44.6. The molecule has 148 valence electrons. The summed E-state index contributed by atoms with van der Waals surface area (Å²) in [6, 6.07) is 8.18. The van der Waals surface area contributed by atoms with E-state index in [0.29, 0.717) is 41.3 Å². The first kappa shape index (κ1) is 18.7. The van der Waals surface area contributed by atoms with Crippen molar-refractivity contribution in [1.29, 1.82) is 0 Å². The third-order valence-corrected chi connectivity index (χ3v) is 4.47. The quantitative estimate of drug-likeness (QED) is 0.664. The zero-order chi connectivity index (χ0) is 20.6. The molecule has 0 fully saturated rings. The van der Waals surface area contributed by atoms with Gasteiger partial charge in [-0.15, -0.1) is 0 Å². The number of aromatic nitrogens is 2. The summed E-state index contributed by atoms with van der Waals surface area (Å²) in [6.07, 6.45) is -1.93. The van der Waals surface area contributed by atoms with Gasteiger partial charge in [-0.2, -0.15) is 13.2 Å². The third-order valence-electron chi connectivity index (χ3n) is 4.47. The number of nitrogens with zero attached hydrogens (tertiary/aromatic N) is 3. The Morgan fingerprint density at radius 2 is 2.07 bits per heavy atom. The lowest BCUT2D eigenvalue weighted by Gasteiger charge is -2.29. The molecule has 2 aromatic carbocycles. The largest absolute Gasteiger partial charge is 0.489 e. The minimum atomic E-state index is -4.45. The highest BCUT2D eigenvalue weighted by atomic mass is 19.4. The van der Waals surface area contributed by atoms with Crippen LogP contribution in [-0.4, -0.2) is 29.0 Å². The Kier molecular flexibility index (Phi) is 4.57. The van der Waals surface area contributed by atoms with Crippen molar-refractivity contribution in [1.82, 2.24) is 9.97 Å². The molecule has 4 rings (SSSR count). The fourth-order valence-corrected chi connectivity index (χ4v) is 3.12. The Morgan fingerprint density at radius 1 is 1.24 bits per heavy atom. The van der Waals surface area contributed by atoms with Gasteiger partial charge in [0.2, 0.25) is 0 Å². The first-order valence-corrected chi connectivity index (χ1v) is 8.66.